The van der Waals surface area contributed by atoms with Gasteiger partial charge in [0.05, 0.1) is 11.6 Å². The minimum atomic E-state index is -0.962. The van der Waals surface area contributed by atoms with E-state index in [0.29, 0.717) is 6.54 Å². The summed E-state index contributed by atoms with van der Waals surface area (Å²) in [7, 11) is 0. The zero-order chi connectivity index (χ0) is 16.8. The number of hydrogen-bond acceptors (Lipinski definition) is 4. The number of carbonyl (C=O) groups excluding carboxylic acids is 1. The van der Waals surface area contributed by atoms with Crippen LogP contribution < -0.4 is 11.1 Å². The third kappa shape index (κ3) is 4.58. The molecule has 0 fully saturated rings. The first kappa shape index (κ1) is 17.1. The summed E-state index contributed by atoms with van der Waals surface area (Å²) in [4.78, 5) is 22.7. The minimum absolute atomic E-state index is 0.237. The Balaban J connectivity index is 2.15. The van der Waals surface area contributed by atoms with E-state index in [1.807, 2.05) is 30.3 Å². The molecule has 120 valence electrons. The van der Waals surface area contributed by atoms with Gasteiger partial charge in [-0.1, -0.05) is 30.3 Å². The van der Waals surface area contributed by atoms with E-state index in [-0.39, 0.29) is 17.2 Å². The highest BCUT2D eigenvalue weighted by Gasteiger charge is 2.11. The van der Waals surface area contributed by atoms with Crippen LogP contribution in [0.5, 0.6) is 0 Å². The summed E-state index contributed by atoms with van der Waals surface area (Å²) >= 11 is 3.99. The van der Waals surface area contributed by atoms with Crippen molar-refractivity contribution in [3.63, 3.8) is 0 Å². The maximum Gasteiger partial charge on any atom is 0.335 e. The number of aromatic carboxylic acids is 1. The molecule has 0 unspecified atom stereocenters. The van der Waals surface area contributed by atoms with E-state index >= 15 is 0 Å². The summed E-state index contributed by atoms with van der Waals surface area (Å²) in [6, 6.07) is 13.7. The topological polar surface area (TPSA) is 92.4 Å². The molecular formula is C17H18N2O3S. The van der Waals surface area contributed by atoms with Gasteiger partial charge in [-0.3, -0.25) is 4.79 Å². The lowest BCUT2D eigenvalue weighted by molar-refractivity contribution is -0.122. The van der Waals surface area contributed by atoms with E-state index in [0.717, 1.165) is 16.7 Å². The molecule has 1 atom stereocenters. The Bertz CT molecular complexity index is 718. The van der Waals surface area contributed by atoms with Gasteiger partial charge in [0.25, 0.3) is 0 Å². The van der Waals surface area contributed by atoms with Crippen LogP contribution in [0.3, 0.4) is 0 Å². The van der Waals surface area contributed by atoms with Crippen molar-refractivity contribution in [1.82, 2.24) is 5.32 Å². The van der Waals surface area contributed by atoms with E-state index in [1.54, 1.807) is 18.2 Å². The van der Waals surface area contributed by atoms with Gasteiger partial charge in [0, 0.05) is 12.3 Å². The molecule has 0 saturated heterocycles. The molecule has 6 heteroatoms. The van der Waals surface area contributed by atoms with Crippen LogP contribution in [0.1, 0.15) is 15.9 Å². The average Bonchev–Trinajstić information content (AvgIpc) is 2.59. The number of nitrogens with two attached hydrogens (primary N) is 1. The molecule has 2 rings (SSSR count). The predicted molar refractivity (Wildman–Crippen MR) is 92.5 cm³/mol. The van der Waals surface area contributed by atoms with Crippen LogP contribution >= 0.6 is 12.6 Å². The Hall–Kier alpha value is -2.31. The molecule has 4 N–H and O–H groups in total. The van der Waals surface area contributed by atoms with E-state index in [4.69, 9.17) is 10.8 Å². The summed E-state index contributed by atoms with van der Waals surface area (Å²) in [6.45, 7) is 0.354. The van der Waals surface area contributed by atoms with Gasteiger partial charge >= 0.3 is 5.97 Å². The number of hydrogen-bond donors (Lipinski definition) is 4. The van der Waals surface area contributed by atoms with Crippen molar-refractivity contribution in [2.24, 2.45) is 5.73 Å². The van der Waals surface area contributed by atoms with Gasteiger partial charge in [0.15, 0.2) is 0 Å². The molecule has 0 saturated carbocycles. The summed E-state index contributed by atoms with van der Waals surface area (Å²) in [6.07, 6.45) is 0. The van der Waals surface area contributed by atoms with E-state index in [2.05, 4.69) is 17.9 Å². The summed E-state index contributed by atoms with van der Waals surface area (Å²) in [5.41, 5.74) is 8.44. The average molecular weight is 330 g/mol. The van der Waals surface area contributed by atoms with E-state index in [9.17, 15) is 9.59 Å². The monoisotopic (exact) mass is 330 g/mol. The molecule has 0 aliphatic heterocycles. The van der Waals surface area contributed by atoms with E-state index < -0.39 is 12.0 Å². The van der Waals surface area contributed by atoms with Gasteiger partial charge in [-0.2, -0.15) is 12.6 Å². The standard InChI is InChI=1S/C17H18N2O3S/c18-15(10-23)16(20)19-9-11-3-1-4-12(7-11)13-5-2-6-14(8-13)17(21)22/h1-8,15,23H,9-10,18H2,(H,19,20)(H,21,22)/t15-/m0/s1. The van der Waals surface area contributed by atoms with Gasteiger partial charge in [-0.25, -0.2) is 4.79 Å². The number of nitrogens with one attached hydrogen (secondary N) is 1. The fraction of sp³-hybridized carbons (Fsp3) is 0.176. The maximum absolute atomic E-state index is 11.7. The number of amides is 1. The van der Waals surface area contributed by atoms with Crippen LogP contribution in [0.2, 0.25) is 0 Å². The maximum atomic E-state index is 11.7. The second-order valence-corrected chi connectivity index (χ2v) is 5.46. The highest BCUT2D eigenvalue weighted by Crippen LogP contribution is 2.21. The quantitative estimate of drug-likeness (QED) is 0.609. The molecule has 0 aliphatic rings. The van der Waals surface area contributed by atoms with Crippen molar-refractivity contribution in [2.75, 3.05) is 5.75 Å². The lowest BCUT2D eigenvalue weighted by Crippen LogP contribution is -2.41. The summed E-state index contributed by atoms with van der Waals surface area (Å²) < 4.78 is 0. The molecule has 0 radical (unpaired) electrons. The van der Waals surface area contributed by atoms with Crippen molar-refractivity contribution >= 4 is 24.5 Å². The number of carbonyl (C=O) groups is 2. The molecule has 0 spiro atoms. The minimum Gasteiger partial charge on any atom is -0.478 e. The first-order chi connectivity index (χ1) is 11.0. The fourth-order valence-electron chi connectivity index (χ4n) is 2.10. The Labute approximate surface area is 139 Å². The van der Waals surface area contributed by atoms with Crippen LogP contribution in [0.15, 0.2) is 48.5 Å². The smallest absolute Gasteiger partial charge is 0.335 e. The van der Waals surface area contributed by atoms with Crippen molar-refractivity contribution in [3.8, 4) is 11.1 Å². The molecule has 0 aromatic heterocycles. The molecule has 2 aromatic rings. The summed E-state index contributed by atoms with van der Waals surface area (Å²) in [5.74, 6) is -0.928. The molecule has 1 amide bonds. The molecule has 23 heavy (non-hydrogen) atoms. The van der Waals surface area contributed by atoms with Crippen molar-refractivity contribution < 1.29 is 14.7 Å². The third-order valence-corrected chi connectivity index (χ3v) is 3.76. The van der Waals surface area contributed by atoms with E-state index in [1.165, 1.54) is 0 Å². The number of rotatable bonds is 6. The second kappa shape index (κ2) is 7.80. The first-order valence-electron chi connectivity index (χ1n) is 7.08. The Morgan fingerprint density at radius 2 is 1.78 bits per heavy atom. The molecule has 0 aliphatic carbocycles. The molecule has 2 aromatic carbocycles. The van der Waals surface area contributed by atoms with Gasteiger partial charge < -0.3 is 16.2 Å². The molecule has 0 bridgehead atoms. The lowest BCUT2D eigenvalue weighted by atomic mass is 10.0. The van der Waals surface area contributed by atoms with Crippen molar-refractivity contribution in [3.05, 3.63) is 59.7 Å². The van der Waals surface area contributed by atoms with Crippen LogP contribution in [0.4, 0.5) is 0 Å². The van der Waals surface area contributed by atoms with Crippen LogP contribution in [-0.4, -0.2) is 28.8 Å². The Morgan fingerprint density at radius 1 is 1.13 bits per heavy atom. The predicted octanol–water partition coefficient (Wildman–Crippen LogP) is 1.93. The van der Waals surface area contributed by atoms with Crippen LogP contribution in [0, 0.1) is 0 Å². The largest absolute Gasteiger partial charge is 0.478 e. The van der Waals surface area contributed by atoms with Crippen molar-refractivity contribution in [1.29, 1.82) is 0 Å². The normalized spacial score (nSPS) is 11.7. The van der Waals surface area contributed by atoms with Crippen LogP contribution in [0.25, 0.3) is 11.1 Å². The van der Waals surface area contributed by atoms with Gasteiger partial charge in [-0.15, -0.1) is 0 Å². The fourth-order valence-corrected chi connectivity index (χ4v) is 2.26. The zero-order valence-electron chi connectivity index (χ0n) is 12.4. The lowest BCUT2D eigenvalue weighted by Gasteiger charge is -2.11. The zero-order valence-corrected chi connectivity index (χ0v) is 13.3. The van der Waals surface area contributed by atoms with Gasteiger partial charge in [0.1, 0.15) is 0 Å². The highest BCUT2D eigenvalue weighted by atomic mass is 32.1. The van der Waals surface area contributed by atoms with Crippen LogP contribution in [-0.2, 0) is 11.3 Å². The molecular weight excluding hydrogens is 312 g/mol. The molecule has 5 nitrogen and oxygen atoms in total. The first-order valence-corrected chi connectivity index (χ1v) is 7.71. The SMILES string of the molecule is N[C@@H](CS)C(=O)NCc1cccc(-c2cccc(C(=O)O)c2)c1. The number of carboxylic acids is 1. The number of carboxylic acid groups (broad SMARTS) is 1. The molecule has 0 heterocycles. The Kier molecular flexibility index (Phi) is 5.78. The van der Waals surface area contributed by atoms with Gasteiger partial charge in [0.2, 0.25) is 5.91 Å². The number of thiol groups is 1. The van der Waals surface area contributed by atoms with Gasteiger partial charge in [-0.05, 0) is 34.9 Å². The Morgan fingerprint density at radius 3 is 2.43 bits per heavy atom. The third-order valence-electron chi connectivity index (χ3n) is 3.37. The summed E-state index contributed by atoms with van der Waals surface area (Å²) in [5, 5.41) is 11.8. The van der Waals surface area contributed by atoms with Crippen molar-refractivity contribution in [2.45, 2.75) is 12.6 Å². The number of benzene rings is 2. The highest BCUT2D eigenvalue weighted by molar-refractivity contribution is 7.80. The second-order valence-electron chi connectivity index (χ2n) is 5.09.